The predicted molar refractivity (Wildman–Crippen MR) is 226 cm³/mol. The number of rotatable bonds is 4. The van der Waals surface area contributed by atoms with Crippen molar-refractivity contribution in [3.05, 3.63) is 208 Å². The minimum atomic E-state index is -0.277. The van der Waals surface area contributed by atoms with Gasteiger partial charge in [0.15, 0.2) is 0 Å². The summed E-state index contributed by atoms with van der Waals surface area (Å²) in [7, 11) is 0. The molecule has 0 aliphatic heterocycles. The van der Waals surface area contributed by atoms with E-state index < -0.39 is 0 Å². The van der Waals surface area contributed by atoms with Crippen LogP contribution in [0.5, 0.6) is 0 Å². The summed E-state index contributed by atoms with van der Waals surface area (Å²) < 4.78 is 0. The molecule has 0 radical (unpaired) electrons. The summed E-state index contributed by atoms with van der Waals surface area (Å²) in [4.78, 5) is 2.53. The monoisotopic (exact) mass is 693 g/mol. The Morgan fingerprint density at radius 1 is 0.537 bits per heavy atom. The molecule has 11 rings (SSSR count). The van der Waals surface area contributed by atoms with Gasteiger partial charge < -0.3 is 4.90 Å². The van der Waals surface area contributed by atoms with Gasteiger partial charge in [0.05, 0.1) is 11.1 Å². The molecule has 6 aromatic rings. The summed E-state index contributed by atoms with van der Waals surface area (Å²) in [5, 5.41) is 0. The van der Waals surface area contributed by atoms with E-state index in [1.54, 1.807) is 11.1 Å². The smallest absolute Gasteiger partial charge is 0.0688 e. The number of hydrogen-bond donors (Lipinski definition) is 0. The summed E-state index contributed by atoms with van der Waals surface area (Å²) in [5.74, 6) is 0.562. The van der Waals surface area contributed by atoms with Crippen LogP contribution in [-0.4, -0.2) is 0 Å². The lowest BCUT2D eigenvalue weighted by atomic mass is 9.68. The molecule has 0 heterocycles. The third-order valence-electron chi connectivity index (χ3n) is 13.2. The van der Waals surface area contributed by atoms with Gasteiger partial charge in [-0.1, -0.05) is 160 Å². The number of anilines is 3. The second kappa shape index (κ2) is 11.5. The van der Waals surface area contributed by atoms with Crippen LogP contribution >= 0.6 is 0 Å². The van der Waals surface area contributed by atoms with Crippen molar-refractivity contribution in [1.29, 1.82) is 0 Å². The van der Waals surface area contributed by atoms with Crippen molar-refractivity contribution in [3.8, 4) is 22.3 Å². The third-order valence-corrected chi connectivity index (χ3v) is 13.2. The Balaban J connectivity index is 1.15. The van der Waals surface area contributed by atoms with Gasteiger partial charge in [0, 0.05) is 22.4 Å². The highest BCUT2D eigenvalue weighted by Crippen LogP contribution is 2.64. The number of para-hydroxylation sites is 1. The summed E-state index contributed by atoms with van der Waals surface area (Å²) in [6, 6.07) is 52.8. The number of fused-ring (bicyclic) bond motifs is 11. The van der Waals surface area contributed by atoms with Crippen LogP contribution in [0.15, 0.2) is 175 Å². The fraction of sp³-hybridized carbons (Fsp3) is 0.170. The molecule has 1 nitrogen and oxygen atoms in total. The van der Waals surface area contributed by atoms with Crippen LogP contribution in [0, 0.1) is 5.92 Å². The Morgan fingerprint density at radius 3 is 2.00 bits per heavy atom. The second-order valence-corrected chi connectivity index (χ2v) is 16.4. The second-order valence-electron chi connectivity index (χ2n) is 16.4. The molecule has 54 heavy (non-hydrogen) atoms. The first kappa shape index (κ1) is 31.6. The Morgan fingerprint density at radius 2 is 1.17 bits per heavy atom. The molecule has 2 atom stereocenters. The van der Waals surface area contributed by atoms with Gasteiger partial charge in [0.25, 0.3) is 0 Å². The quantitative estimate of drug-likeness (QED) is 0.178. The maximum absolute atomic E-state index is 2.53. The van der Waals surface area contributed by atoms with Crippen molar-refractivity contribution in [2.24, 2.45) is 5.92 Å². The lowest BCUT2D eigenvalue weighted by Gasteiger charge is -2.34. The van der Waals surface area contributed by atoms with E-state index in [9.17, 15) is 0 Å². The number of allylic oxidation sites excluding steroid dienone is 8. The molecule has 5 aliphatic rings. The number of benzene rings is 6. The molecule has 260 valence electrons. The van der Waals surface area contributed by atoms with Crippen molar-refractivity contribution in [1.82, 2.24) is 0 Å². The van der Waals surface area contributed by atoms with Crippen LogP contribution in [0.25, 0.3) is 33.4 Å². The molecule has 0 N–H and O–H groups in total. The molecule has 2 unspecified atom stereocenters. The highest BCUT2D eigenvalue weighted by atomic mass is 15.1. The lowest BCUT2D eigenvalue weighted by Crippen LogP contribution is -2.27. The molecule has 0 saturated carbocycles. The Kier molecular flexibility index (Phi) is 6.75. The van der Waals surface area contributed by atoms with Crippen LogP contribution in [0.3, 0.4) is 0 Å². The van der Waals surface area contributed by atoms with E-state index in [4.69, 9.17) is 0 Å². The first-order valence-electron chi connectivity index (χ1n) is 19.7. The van der Waals surface area contributed by atoms with E-state index >= 15 is 0 Å². The molecule has 0 amide bonds. The van der Waals surface area contributed by atoms with E-state index in [1.165, 1.54) is 83.8 Å². The van der Waals surface area contributed by atoms with Crippen LogP contribution in [-0.2, 0) is 10.8 Å². The molecule has 0 aromatic heterocycles. The number of nitrogens with zero attached hydrogens (tertiary/aromatic N) is 1. The minimum Gasteiger partial charge on any atom is -0.310 e. The zero-order valence-corrected chi connectivity index (χ0v) is 31.2. The average molecular weight is 694 g/mol. The standard InChI is InChI=1S/C53H43N/c1-34-25-28-42-43-29-26-37(33-50(43)52(2,3)49(42)31-34)54(51-24-14-10-17-38(51)35-15-5-4-6-16-35)36-27-30-48-44(32-36)41-20-9-13-23-47(41)53(48)45-21-11-7-18-39(45)40-19-8-12-22-46(40)53/h4-11,13-21,23-30,32-34H,12,22,31H2,1-3H3. The van der Waals surface area contributed by atoms with Gasteiger partial charge in [-0.2, -0.15) is 0 Å². The molecule has 0 bridgehead atoms. The Hall–Kier alpha value is -5.92. The van der Waals surface area contributed by atoms with E-state index in [1.807, 2.05) is 0 Å². The fourth-order valence-electron chi connectivity index (χ4n) is 10.8. The van der Waals surface area contributed by atoms with E-state index in [-0.39, 0.29) is 10.8 Å². The van der Waals surface area contributed by atoms with Crippen LogP contribution < -0.4 is 4.90 Å². The van der Waals surface area contributed by atoms with E-state index in [0.29, 0.717) is 5.92 Å². The topological polar surface area (TPSA) is 3.24 Å². The molecule has 6 aromatic carbocycles. The Labute approximate surface area is 319 Å². The van der Waals surface area contributed by atoms with Crippen molar-refractivity contribution in [2.45, 2.75) is 50.9 Å². The van der Waals surface area contributed by atoms with E-state index in [0.717, 1.165) is 19.3 Å². The molecule has 0 fully saturated rings. The molecule has 0 saturated heterocycles. The zero-order chi connectivity index (χ0) is 36.2. The van der Waals surface area contributed by atoms with Crippen molar-refractivity contribution < 1.29 is 0 Å². The summed E-state index contributed by atoms with van der Waals surface area (Å²) in [6.45, 7) is 7.21. The average Bonchev–Trinajstić information content (AvgIpc) is 3.77. The maximum Gasteiger partial charge on any atom is 0.0688 e. The van der Waals surface area contributed by atoms with Crippen molar-refractivity contribution in [2.75, 3.05) is 4.90 Å². The normalized spacial score (nSPS) is 20.8. The largest absolute Gasteiger partial charge is 0.310 e. The van der Waals surface area contributed by atoms with Gasteiger partial charge in [-0.05, 0) is 122 Å². The van der Waals surface area contributed by atoms with Gasteiger partial charge in [-0.3, -0.25) is 0 Å². The van der Waals surface area contributed by atoms with E-state index in [2.05, 4.69) is 190 Å². The van der Waals surface area contributed by atoms with Gasteiger partial charge in [0.2, 0.25) is 0 Å². The zero-order valence-electron chi connectivity index (χ0n) is 31.2. The third kappa shape index (κ3) is 4.21. The number of hydrogen-bond acceptors (Lipinski definition) is 1. The molecule has 1 spiro atoms. The first-order chi connectivity index (χ1) is 26.5. The summed E-state index contributed by atoms with van der Waals surface area (Å²) in [6.07, 6.45) is 12.8. The summed E-state index contributed by atoms with van der Waals surface area (Å²) >= 11 is 0. The first-order valence-corrected chi connectivity index (χ1v) is 19.7. The maximum atomic E-state index is 2.53. The molecular formula is C53H43N. The van der Waals surface area contributed by atoms with Crippen LogP contribution in [0.2, 0.25) is 0 Å². The SMILES string of the molecule is CC1C=CC2=C(C1)C(C)(C)c1cc(N(c3ccc4c(c3)-c3ccccc3C43C4=C(C=CCC4)c4ccccc43)c3ccccc3-c3ccccc3)ccc12. The van der Waals surface area contributed by atoms with Gasteiger partial charge in [0.1, 0.15) is 0 Å². The summed E-state index contributed by atoms with van der Waals surface area (Å²) in [5.41, 5.74) is 22.8. The molecular weight excluding hydrogens is 651 g/mol. The van der Waals surface area contributed by atoms with Gasteiger partial charge in [-0.15, -0.1) is 0 Å². The van der Waals surface area contributed by atoms with Gasteiger partial charge >= 0.3 is 0 Å². The highest BCUT2D eigenvalue weighted by Gasteiger charge is 2.52. The van der Waals surface area contributed by atoms with Crippen molar-refractivity contribution >= 4 is 28.2 Å². The van der Waals surface area contributed by atoms with Gasteiger partial charge in [-0.25, -0.2) is 0 Å². The van der Waals surface area contributed by atoms with Crippen LogP contribution in [0.4, 0.5) is 17.1 Å². The lowest BCUT2D eigenvalue weighted by molar-refractivity contribution is 0.566. The van der Waals surface area contributed by atoms with Crippen LogP contribution in [0.1, 0.15) is 73.4 Å². The fourth-order valence-corrected chi connectivity index (χ4v) is 10.8. The highest BCUT2D eigenvalue weighted by molar-refractivity contribution is 5.99. The Bertz CT molecular complexity index is 2680. The molecule has 5 aliphatic carbocycles. The molecule has 1 heteroatoms. The van der Waals surface area contributed by atoms with Crippen molar-refractivity contribution in [3.63, 3.8) is 0 Å². The minimum absolute atomic E-state index is 0.0384. The predicted octanol–water partition coefficient (Wildman–Crippen LogP) is 13.9.